The highest BCUT2D eigenvalue weighted by Gasteiger charge is 2.64. The van der Waals surface area contributed by atoms with Crippen LogP contribution in [-0.4, -0.2) is 41.6 Å². The molecule has 0 radical (unpaired) electrons. The molecule has 0 unspecified atom stereocenters. The molecule has 4 aliphatic carbocycles. The van der Waals surface area contributed by atoms with E-state index in [1.807, 2.05) is 6.08 Å². The molecule has 3 fully saturated rings. The van der Waals surface area contributed by atoms with Gasteiger partial charge in [-0.2, -0.15) is 16.8 Å². The van der Waals surface area contributed by atoms with Gasteiger partial charge >= 0.3 is 0 Å². The van der Waals surface area contributed by atoms with Crippen LogP contribution < -0.4 is 0 Å². The molecule has 0 aromatic rings. The maximum absolute atomic E-state index is 12.4. The van der Waals surface area contributed by atoms with Crippen molar-refractivity contribution >= 4 is 20.2 Å². The smallest absolute Gasteiger partial charge is 0.263 e. The van der Waals surface area contributed by atoms with E-state index in [0.717, 1.165) is 50.2 Å². The highest BCUT2D eigenvalue weighted by molar-refractivity contribution is 7.86. The summed E-state index contributed by atoms with van der Waals surface area (Å²) < 4.78 is 60.6. The molecule has 0 aromatic carbocycles. The molecule has 4 rings (SSSR count). The Morgan fingerprint density at radius 1 is 1.00 bits per heavy atom. The lowest BCUT2D eigenvalue weighted by atomic mass is 9.46. The van der Waals surface area contributed by atoms with Crippen LogP contribution in [0, 0.1) is 34.5 Å². The van der Waals surface area contributed by atoms with Crippen LogP contribution in [0.2, 0.25) is 0 Å². The van der Waals surface area contributed by atoms with E-state index in [0.29, 0.717) is 12.3 Å². The molecule has 4 aliphatic rings. The molecule has 31 heavy (non-hydrogen) atoms. The van der Waals surface area contributed by atoms with E-state index in [4.69, 9.17) is 8.37 Å². The van der Waals surface area contributed by atoms with Gasteiger partial charge in [0.05, 0.1) is 12.5 Å². The Morgan fingerprint density at radius 2 is 1.68 bits per heavy atom. The Morgan fingerprint density at radius 3 is 2.29 bits per heavy atom. The fraction of sp³-hybridized carbons (Fsp3) is 0.826. The van der Waals surface area contributed by atoms with Crippen molar-refractivity contribution in [1.82, 2.24) is 0 Å². The highest BCUT2D eigenvalue weighted by atomic mass is 32.2. The Balaban J connectivity index is 1.88. The maximum Gasteiger partial charge on any atom is 0.265 e. The van der Waals surface area contributed by atoms with E-state index in [1.165, 1.54) is 0 Å². The molecule has 6 nitrogen and oxygen atoms in total. The zero-order valence-corrected chi connectivity index (χ0v) is 20.8. The fourth-order valence-electron chi connectivity index (χ4n) is 7.71. The zero-order valence-electron chi connectivity index (χ0n) is 19.2. The van der Waals surface area contributed by atoms with E-state index in [1.54, 1.807) is 0 Å². The summed E-state index contributed by atoms with van der Waals surface area (Å²) in [5.74, 6) is 0.984. The second kappa shape index (κ2) is 7.67. The average Bonchev–Trinajstić information content (AvgIpc) is 2.98. The molecule has 3 saturated carbocycles. The standard InChI is InChI=1S/C23H36O6S2/c1-6-15-10-11-16-19-17(12-14-22(15,16)2)23(3)13-8-7-9-18(23)20(28-30(4,24)25)21(19)29-31(5,26)27/h8-9,13,15-17,19-21H,6-7,10-12,14H2,1-5H3/t15-,16-,17-,19-,20-,21+,22+,23+/m0/s1. The predicted octanol–water partition coefficient (Wildman–Crippen LogP) is 4.05. The van der Waals surface area contributed by atoms with Gasteiger partial charge in [-0.25, -0.2) is 0 Å². The summed E-state index contributed by atoms with van der Waals surface area (Å²) in [6.45, 7) is 6.75. The molecule has 176 valence electrons. The van der Waals surface area contributed by atoms with Gasteiger partial charge in [0.1, 0.15) is 12.2 Å². The minimum atomic E-state index is -3.82. The third-order valence-corrected chi connectivity index (χ3v) is 10.0. The van der Waals surface area contributed by atoms with Gasteiger partial charge in [-0.05, 0) is 66.8 Å². The van der Waals surface area contributed by atoms with Gasteiger partial charge in [0, 0.05) is 5.41 Å². The van der Waals surface area contributed by atoms with E-state index in [2.05, 4.69) is 32.9 Å². The number of hydrogen-bond acceptors (Lipinski definition) is 6. The number of fused-ring (bicyclic) bond motifs is 5. The summed E-state index contributed by atoms with van der Waals surface area (Å²) in [4.78, 5) is 0. The van der Waals surface area contributed by atoms with Gasteiger partial charge in [0.15, 0.2) is 0 Å². The normalized spacial score (nSPS) is 44.9. The maximum atomic E-state index is 12.4. The molecule has 0 amide bonds. The van der Waals surface area contributed by atoms with Crippen molar-refractivity contribution in [3.05, 3.63) is 23.8 Å². The third kappa shape index (κ3) is 3.96. The highest BCUT2D eigenvalue weighted by Crippen LogP contribution is 2.67. The van der Waals surface area contributed by atoms with Crippen LogP contribution in [0.3, 0.4) is 0 Å². The average molecular weight is 473 g/mol. The van der Waals surface area contributed by atoms with Crippen LogP contribution >= 0.6 is 0 Å². The molecule has 8 heteroatoms. The molecular formula is C23H36O6S2. The molecule has 0 spiro atoms. The first kappa shape index (κ1) is 23.5. The Kier molecular flexibility index (Phi) is 5.81. The second-order valence-electron chi connectivity index (χ2n) is 10.6. The van der Waals surface area contributed by atoms with E-state index < -0.39 is 32.4 Å². The fourth-order valence-corrected chi connectivity index (χ4v) is 8.93. The van der Waals surface area contributed by atoms with Gasteiger partial charge in [0.2, 0.25) is 0 Å². The summed E-state index contributed by atoms with van der Waals surface area (Å²) >= 11 is 0. The van der Waals surface area contributed by atoms with Crippen molar-refractivity contribution in [1.29, 1.82) is 0 Å². The molecule has 0 N–H and O–H groups in total. The Labute approximate surface area is 187 Å². The van der Waals surface area contributed by atoms with Crippen LogP contribution in [0.1, 0.15) is 59.3 Å². The number of hydrogen-bond donors (Lipinski definition) is 0. The lowest BCUT2D eigenvalue weighted by Gasteiger charge is -2.60. The number of rotatable bonds is 5. The van der Waals surface area contributed by atoms with Crippen molar-refractivity contribution in [2.45, 2.75) is 71.5 Å². The first-order chi connectivity index (χ1) is 14.3. The predicted molar refractivity (Wildman–Crippen MR) is 120 cm³/mol. The van der Waals surface area contributed by atoms with Gasteiger partial charge < -0.3 is 0 Å². The topological polar surface area (TPSA) is 86.7 Å². The number of allylic oxidation sites excluding steroid dienone is 3. The third-order valence-electron chi connectivity index (χ3n) is 8.90. The summed E-state index contributed by atoms with van der Waals surface area (Å²) in [6, 6.07) is 0. The molecule has 0 aromatic heterocycles. The Hall–Kier alpha value is -0.700. The molecule has 0 saturated heterocycles. The first-order valence-corrected chi connectivity index (χ1v) is 15.1. The zero-order chi connectivity index (χ0) is 22.8. The molecular weight excluding hydrogens is 436 g/mol. The van der Waals surface area contributed by atoms with E-state index in [9.17, 15) is 16.8 Å². The van der Waals surface area contributed by atoms with Crippen molar-refractivity contribution in [3.63, 3.8) is 0 Å². The van der Waals surface area contributed by atoms with Crippen molar-refractivity contribution in [2.24, 2.45) is 34.5 Å². The Bertz CT molecular complexity index is 997. The quantitative estimate of drug-likeness (QED) is 0.443. The molecule has 0 bridgehead atoms. The second-order valence-corrected chi connectivity index (χ2v) is 13.8. The van der Waals surface area contributed by atoms with Gasteiger partial charge in [0.25, 0.3) is 20.2 Å². The van der Waals surface area contributed by atoms with Crippen LogP contribution in [0.25, 0.3) is 0 Å². The summed E-state index contributed by atoms with van der Waals surface area (Å²) in [5.41, 5.74) is 0.603. The summed E-state index contributed by atoms with van der Waals surface area (Å²) in [7, 11) is -7.63. The van der Waals surface area contributed by atoms with Crippen LogP contribution in [0.15, 0.2) is 23.8 Å². The van der Waals surface area contributed by atoms with Crippen LogP contribution in [0.5, 0.6) is 0 Å². The molecule has 0 heterocycles. The van der Waals surface area contributed by atoms with Gasteiger partial charge in [-0.15, -0.1) is 0 Å². The van der Waals surface area contributed by atoms with E-state index in [-0.39, 0.29) is 28.6 Å². The van der Waals surface area contributed by atoms with Crippen LogP contribution in [-0.2, 0) is 28.6 Å². The molecule has 0 aliphatic heterocycles. The minimum absolute atomic E-state index is 0.0818. The molecule has 8 atom stereocenters. The van der Waals surface area contributed by atoms with Crippen LogP contribution in [0.4, 0.5) is 0 Å². The lowest BCUT2D eigenvalue weighted by molar-refractivity contribution is -0.117. The SMILES string of the molecule is CC[C@H]1CC[C@H]2[C@@H]3[C@@H](OS(C)(=O)=O)[C@@H](OS(C)(=O)=O)C4=CCC=C[C@]4(C)[C@H]3CC[C@]12C. The minimum Gasteiger partial charge on any atom is -0.263 e. The van der Waals surface area contributed by atoms with Crippen molar-refractivity contribution in [3.8, 4) is 0 Å². The van der Waals surface area contributed by atoms with Gasteiger partial charge in [-0.3, -0.25) is 8.37 Å². The monoisotopic (exact) mass is 472 g/mol. The van der Waals surface area contributed by atoms with Crippen molar-refractivity contribution in [2.75, 3.05) is 12.5 Å². The largest absolute Gasteiger partial charge is 0.265 e. The lowest BCUT2D eigenvalue weighted by Crippen LogP contribution is -2.61. The van der Waals surface area contributed by atoms with E-state index >= 15 is 0 Å². The van der Waals surface area contributed by atoms with Gasteiger partial charge in [-0.1, -0.05) is 45.4 Å². The summed E-state index contributed by atoms with van der Waals surface area (Å²) in [6.07, 6.45) is 12.7. The summed E-state index contributed by atoms with van der Waals surface area (Å²) in [5, 5.41) is 0. The first-order valence-electron chi connectivity index (χ1n) is 11.4. The van der Waals surface area contributed by atoms with Crippen molar-refractivity contribution < 1.29 is 25.2 Å².